The van der Waals surface area contributed by atoms with Crippen LogP contribution in [0.15, 0.2) is 67.0 Å². The summed E-state index contributed by atoms with van der Waals surface area (Å²) in [5, 5.41) is 6.08. The van der Waals surface area contributed by atoms with Gasteiger partial charge in [0.25, 0.3) is 11.8 Å². The number of benzene rings is 2. The average molecular weight is 459 g/mol. The number of aromatic nitrogens is 1. The van der Waals surface area contributed by atoms with E-state index < -0.39 is 0 Å². The molecule has 4 rings (SSSR count). The molecular weight excluding hydrogens is 428 g/mol. The minimum atomic E-state index is -0.267. The van der Waals surface area contributed by atoms with Gasteiger partial charge in [-0.05, 0) is 61.2 Å². The zero-order valence-electron chi connectivity index (χ0n) is 19.6. The van der Waals surface area contributed by atoms with E-state index in [-0.39, 0.29) is 17.9 Å². The molecule has 0 saturated carbocycles. The molecule has 0 aliphatic carbocycles. The monoisotopic (exact) mass is 458 g/mol. The molecule has 34 heavy (non-hydrogen) atoms. The van der Waals surface area contributed by atoms with Crippen molar-refractivity contribution in [3.05, 3.63) is 89.2 Å². The summed E-state index contributed by atoms with van der Waals surface area (Å²) in [6, 6.07) is 17.0. The molecule has 0 radical (unpaired) electrons. The maximum atomic E-state index is 13.1. The lowest BCUT2D eigenvalue weighted by atomic mass is 10.0. The van der Waals surface area contributed by atoms with Crippen LogP contribution in [0.3, 0.4) is 0 Å². The number of amides is 2. The molecule has 1 aliphatic rings. The molecule has 2 N–H and O–H groups in total. The fourth-order valence-electron chi connectivity index (χ4n) is 4.24. The summed E-state index contributed by atoms with van der Waals surface area (Å²) >= 11 is 0. The van der Waals surface area contributed by atoms with Crippen LogP contribution in [0.2, 0.25) is 0 Å². The number of carbonyl (C=O) groups excluding carboxylic acids is 2. The first-order valence-electron chi connectivity index (χ1n) is 11.5. The summed E-state index contributed by atoms with van der Waals surface area (Å²) in [7, 11) is 1.68. The number of para-hydroxylation sites is 1. The standard InChI is InChI=1S/C27H30N4O3/c1-19-5-3-8-24(25(19)30-26(32)21-9-13-28-14-10-21)27(33)29-22-11-15-31(16-12-22)18-20-6-4-7-23(17-20)34-2/h3-10,13-14,17,22H,11-12,15-16,18H2,1-2H3,(H,29,33)(H,30,32). The van der Waals surface area contributed by atoms with Crippen LogP contribution in [-0.2, 0) is 6.54 Å². The van der Waals surface area contributed by atoms with E-state index >= 15 is 0 Å². The zero-order valence-corrected chi connectivity index (χ0v) is 19.6. The molecule has 7 heteroatoms. The van der Waals surface area contributed by atoms with Gasteiger partial charge in [-0.15, -0.1) is 0 Å². The minimum absolute atomic E-state index is 0.0957. The van der Waals surface area contributed by atoms with E-state index in [4.69, 9.17) is 4.74 Å². The summed E-state index contributed by atoms with van der Waals surface area (Å²) in [5.41, 5.74) is 3.56. The van der Waals surface area contributed by atoms with Crippen LogP contribution in [0.5, 0.6) is 5.75 Å². The number of carbonyl (C=O) groups is 2. The fraction of sp³-hybridized carbons (Fsp3) is 0.296. The number of ether oxygens (including phenoxy) is 1. The number of piperidine rings is 1. The predicted molar refractivity (Wildman–Crippen MR) is 132 cm³/mol. The van der Waals surface area contributed by atoms with Gasteiger partial charge in [0.05, 0.1) is 18.4 Å². The Balaban J connectivity index is 1.36. The second kappa shape index (κ2) is 10.9. The molecule has 0 atom stereocenters. The lowest BCUT2D eigenvalue weighted by Crippen LogP contribution is -2.44. The van der Waals surface area contributed by atoms with Gasteiger partial charge in [0, 0.05) is 43.6 Å². The van der Waals surface area contributed by atoms with Crippen molar-refractivity contribution in [2.75, 3.05) is 25.5 Å². The summed E-state index contributed by atoms with van der Waals surface area (Å²) in [5.74, 6) is 0.432. The molecule has 1 aliphatic heterocycles. The van der Waals surface area contributed by atoms with Crippen molar-refractivity contribution in [2.24, 2.45) is 0 Å². The lowest BCUT2D eigenvalue weighted by molar-refractivity contribution is 0.0909. The Morgan fingerprint density at radius 1 is 1.03 bits per heavy atom. The van der Waals surface area contributed by atoms with E-state index in [2.05, 4.69) is 32.7 Å². The van der Waals surface area contributed by atoms with E-state index in [1.54, 1.807) is 37.7 Å². The van der Waals surface area contributed by atoms with Crippen LogP contribution >= 0.6 is 0 Å². The quantitative estimate of drug-likeness (QED) is 0.558. The molecule has 1 fully saturated rings. The van der Waals surface area contributed by atoms with Crippen LogP contribution in [0.25, 0.3) is 0 Å². The summed E-state index contributed by atoms with van der Waals surface area (Å²) in [6.45, 7) is 4.56. The summed E-state index contributed by atoms with van der Waals surface area (Å²) in [4.78, 5) is 32.2. The molecule has 3 aromatic rings. The van der Waals surface area contributed by atoms with Crippen LogP contribution in [0.4, 0.5) is 5.69 Å². The highest BCUT2D eigenvalue weighted by Crippen LogP contribution is 2.23. The number of likely N-dealkylation sites (tertiary alicyclic amines) is 1. The highest BCUT2D eigenvalue weighted by atomic mass is 16.5. The third-order valence-electron chi connectivity index (χ3n) is 6.16. The summed E-state index contributed by atoms with van der Waals surface area (Å²) < 4.78 is 5.32. The number of nitrogens with one attached hydrogen (secondary N) is 2. The predicted octanol–water partition coefficient (Wildman–Crippen LogP) is 4.05. The van der Waals surface area contributed by atoms with Gasteiger partial charge < -0.3 is 15.4 Å². The van der Waals surface area contributed by atoms with Gasteiger partial charge in [-0.2, -0.15) is 0 Å². The van der Waals surface area contributed by atoms with E-state index in [9.17, 15) is 9.59 Å². The Bertz CT molecular complexity index is 1140. The minimum Gasteiger partial charge on any atom is -0.497 e. The maximum absolute atomic E-state index is 13.1. The van der Waals surface area contributed by atoms with E-state index in [1.165, 1.54) is 5.56 Å². The van der Waals surface area contributed by atoms with Crippen molar-refractivity contribution in [1.29, 1.82) is 0 Å². The lowest BCUT2D eigenvalue weighted by Gasteiger charge is -2.32. The molecule has 0 spiro atoms. The van der Waals surface area contributed by atoms with Crippen molar-refractivity contribution in [3.63, 3.8) is 0 Å². The Kier molecular flexibility index (Phi) is 7.54. The highest BCUT2D eigenvalue weighted by Gasteiger charge is 2.23. The van der Waals surface area contributed by atoms with Gasteiger partial charge in [-0.25, -0.2) is 0 Å². The van der Waals surface area contributed by atoms with Crippen molar-refractivity contribution in [2.45, 2.75) is 32.4 Å². The molecule has 7 nitrogen and oxygen atoms in total. The smallest absolute Gasteiger partial charge is 0.255 e. The molecule has 0 bridgehead atoms. The second-order valence-corrected chi connectivity index (χ2v) is 8.56. The SMILES string of the molecule is COc1cccc(CN2CCC(NC(=O)c3cccc(C)c3NC(=O)c3ccncc3)CC2)c1. The topological polar surface area (TPSA) is 83.6 Å². The highest BCUT2D eigenvalue weighted by molar-refractivity contribution is 6.09. The molecular formula is C27H30N4O3. The Morgan fingerprint density at radius 2 is 1.76 bits per heavy atom. The number of nitrogens with zero attached hydrogens (tertiary/aromatic N) is 2. The molecule has 176 valence electrons. The van der Waals surface area contributed by atoms with Gasteiger partial charge in [0.1, 0.15) is 5.75 Å². The van der Waals surface area contributed by atoms with Crippen LogP contribution in [0, 0.1) is 6.92 Å². The Hall–Kier alpha value is -3.71. The molecule has 1 aromatic heterocycles. The van der Waals surface area contributed by atoms with Gasteiger partial charge >= 0.3 is 0 Å². The molecule has 2 heterocycles. The normalized spacial score (nSPS) is 14.4. The molecule has 2 aromatic carbocycles. The van der Waals surface area contributed by atoms with E-state index in [0.717, 1.165) is 43.8 Å². The van der Waals surface area contributed by atoms with E-state index in [0.29, 0.717) is 16.8 Å². The molecule has 0 unspecified atom stereocenters. The average Bonchev–Trinajstić information content (AvgIpc) is 2.87. The third kappa shape index (κ3) is 5.80. The van der Waals surface area contributed by atoms with Gasteiger partial charge in [-0.3, -0.25) is 19.5 Å². The number of hydrogen-bond acceptors (Lipinski definition) is 5. The third-order valence-corrected chi connectivity index (χ3v) is 6.16. The van der Waals surface area contributed by atoms with Crippen molar-refractivity contribution in [1.82, 2.24) is 15.2 Å². The first-order chi connectivity index (χ1) is 16.5. The van der Waals surface area contributed by atoms with E-state index in [1.807, 2.05) is 31.2 Å². The van der Waals surface area contributed by atoms with Crippen molar-refractivity contribution in [3.8, 4) is 5.75 Å². The maximum Gasteiger partial charge on any atom is 0.255 e. The number of hydrogen-bond donors (Lipinski definition) is 2. The van der Waals surface area contributed by atoms with Gasteiger partial charge in [0.15, 0.2) is 0 Å². The van der Waals surface area contributed by atoms with Crippen LogP contribution in [0.1, 0.15) is 44.7 Å². The molecule has 2 amide bonds. The number of rotatable bonds is 7. The molecule has 1 saturated heterocycles. The van der Waals surface area contributed by atoms with Gasteiger partial charge in [0.2, 0.25) is 0 Å². The number of aryl methyl sites for hydroxylation is 1. The van der Waals surface area contributed by atoms with Crippen LogP contribution < -0.4 is 15.4 Å². The Labute approximate surface area is 200 Å². The zero-order chi connectivity index (χ0) is 23.9. The van der Waals surface area contributed by atoms with Crippen LogP contribution in [-0.4, -0.2) is 47.9 Å². The summed E-state index contributed by atoms with van der Waals surface area (Å²) in [6.07, 6.45) is 4.89. The van der Waals surface area contributed by atoms with Gasteiger partial charge in [-0.1, -0.05) is 24.3 Å². The fourth-order valence-corrected chi connectivity index (χ4v) is 4.24. The van der Waals surface area contributed by atoms with Crippen molar-refractivity contribution >= 4 is 17.5 Å². The number of methoxy groups -OCH3 is 1. The Morgan fingerprint density at radius 3 is 2.50 bits per heavy atom. The largest absolute Gasteiger partial charge is 0.497 e. The number of pyridine rings is 1. The second-order valence-electron chi connectivity index (χ2n) is 8.56. The first-order valence-corrected chi connectivity index (χ1v) is 11.5. The first kappa shape index (κ1) is 23.4. The number of anilines is 1. The van der Waals surface area contributed by atoms with Crippen molar-refractivity contribution < 1.29 is 14.3 Å².